The lowest BCUT2D eigenvalue weighted by molar-refractivity contribution is -0.394. The van der Waals surface area contributed by atoms with Crippen molar-refractivity contribution in [3.8, 4) is 0 Å². The van der Waals surface area contributed by atoms with Gasteiger partial charge in [0, 0.05) is 6.07 Å². The fraction of sp³-hybridized carbons (Fsp3) is 0.125. The summed E-state index contributed by atoms with van der Waals surface area (Å²) in [6, 6.07) is 3.10. The van der Waals surface area contributed by atoms with E-state index in [0.29, 0.717) is 0 Å². The van der Waals surface area contributed by atoms with E-state index in [0.717, 1.165) is 12.1 Å². The summed E-state index contributed by atoms with van der Waals surface area (Å²) in [7, 11) is 0. The molecule has 0 radical (unpaired) electrons. The van der Waals surface area contributed by atoms with E-state index in [1.165, 1.54) is 13.0 Å². The van der Waals surface area contributed by atoms with Gasteiger partial charge < -0.3 is 5.21 Å². The Labute approximate surface area is 89.1 Å². The van der Waals surface area contributed by atoms with Crippen LogP contribution in [-0.2, 0) is 0 Å². The van der Waals surface area contributed by atoms with Crippen molar-refractivity contribution in [3.05, 3.63) is 44.0 Å². The fourth-order valence-corrected chi connectivity index (χ4v) is 1.14. The third-order valence-corrected chi connectivity index (χ3v) is 1.93. The van der Waals surface area contributed by atoms with Gasteiger partial charge in [-0.1, -0.05) is 5.16 Å². The Morgan fingerprint density at radius 1 is 1.31 bits per heavy atom. The molecule has 1 N–H and O–H groups in total. The zero-order valence-corrected chi connectivity index (χ0v) is 8.15. The van der Waals surface area contributed by atoms with Crippen molar-refractivity contribution in [1.82, 2.24) is 0 Å². The maximum absolute atomic E-state index is 10.7. The maximum atomic E-state index is 10.7. The SMILES string of the molecule is C/C(=N\O)c1ccc([N+](=O)[O-])cc1[N+](=O)[O-]. The molecule has 0 aromatic heterocycles. The van der Waals surface area contributed by atoms with Crippen LogP contribution in [0.3, 0.4) is 0 Å². The number of non-ortho nitro benzene ring substituents is 1. The summed E-state index contributed by atoms with van der Waals surface area (Å²) in [5.41, 5.74) is -0.801. The maximum Gasteiger partial charge on any atom is 0.285 e. The summed E-state index contributed by atoms with van der Waals surface area (Å²) in [5.74, 6) is 0. The zero-order chi connectivity index (χ0) is 12.3. The molecule has 0 saturated heterocycles. The summed E-state index contributed by atoms with van der Waals surface area (Å²) in [6.07, 6.45) is 0. The van der Waals surface area contributed by atoms with E-state index in [1.54, 1.807) is 0 Å². The first-order chi connectivity index (χ1) is 7.47. The zero-order valence-electron chi connectivity index (χ0n) is 8.15. The van der Waals surface area contributed by atoms with Gasteiger partial charge in [-0.25, -0.2) is 0 Å². The highest BCUT2D eigenvalue weighted by atomic mass is 16.6. The molecule has 0 aliphatic heterocycles. The smallest absolute Gasteiger partial charge is 0.285 e. The molecule has 0 spiro atoms. The van der Waals surface area contributed by atoms with Crippen molar-refractivity contribution in [2.24, 2.45) is 5.16 Å². The first-order valence-electron chi connectivity index (χ1n) is 4.09. The molecule has 84 valence electrons. The molecule has 0 aliphatic rings. The number of benzene rings is 1. The third-order valence-electron chi connectivity index (χ3n) is 1.93. The van der Waals surface area contributed by atoms with Gasteiger partial charge in [0.1, 0.15) is 0 Å². The van der Waals surface area contributed by atoms with Crippen LogP contribution in [0.2, 0.25) is 0 Å². The van der Waals surface area contributed by atoms with Gasteiger partial charge in [-0.3, -0.25) is 20.2 Å². The molecule has 0 amide bonds. The predicted molar refractivity (Wildman–Crippen MR) is 53.7 cm³/mol. The van der Waals surface area contributed by atoms with Crippen molar-refractivity contribution >= 4 is 17.1 Å². The molecule has 1 aromatic carbocycles. The molecular formula is C8H7N3O5. The van der Waals surface area contributed by atoms with Crippen molar-refractivity contribution < 1.29 is 15.1 Å². The highest BCUT2D eigenvalue weighted by Crippen LogP contribution is 2.25. The molecule has 0 saturated carbocycles. The Morgan fingerprint density at radius 2 is 1.94 bits per heavy atom. The van der Waals surface area contributed by atoms with Crippen LogP contribution in [-0.4, -0.2) is 20.8 Å². The Kier molecular flexibility index (Phi) is 3.14. The first-order valence-corrected chi connectivity index (χ1v) is 4.09. The minimum absolute atomic E-state index is 0.0154. The highest BCUT2D eigenvalue weighted by Gasteiger charge is 2.20. The molecule has 0 fully saturated rings. The lowest BCUT2D eigenvalue weighted by Crippen LogP contribution is -2.02. The predicted octanol–water partition coefficient (Wildman–Crippen LogP) is 1.70. The number of nitro benzene ring substituents is 2. The Balaban J connectivity index is 3.42. The van der Waals surface area contributed by atoms with Gasteiger partial charge in [0.05, 0.1) is 27.2 Å². The third kappa shape index (κ3) is 2.11. The van der Waals surface area contributed by atoms with Gasteiger partial charge in [0.2, 0.25) is 0 Å². The topological polar surface area (TPSA) is 119 Å². The number of hydrogen-bond acceptors (Lipinski definition) is 6. The van der Waals surface area contributed by atoms with E-state index in [-0.39, 0.29) is 17.0 Å². The van der Waals surface area contributed by atoms with E-state index < -0.39 is 15.5 Å². The molecule has 1 rings (SSSR count). The van der Waals surface area contributed by atoms with Crippen LogP contribution in [0.4, 0.5) is 11.4 Å². The van der Waals surface area contributed by atoms with Crippen LogP contribution < -0.4 is 0 Å². The minimum atomic E-state index is -0.767. The largest absolute Gasteiger partial charge is 0.411 e. The second-order valence-electron chi connectivity index (χ2n) is 2.90. The molecule has 0 heterocycles. The number of rotatable bonds is 3. The molecule has 0 bridgehead atoms. The molecule has 0 unspecified atom stereocenters. The Hall–Kier alpha value is -2.51. The highest BCUT2D eigenvalue weighted by molar-refractivity contribution is 6.02. The molecule has 0 atom stereocenters. The number of nitrogens with zero attached hydrogens (tertiary/aromatic N) is 3. The molecule has 8 heteroatoms. The van der Waals surface area contributed by atoms with Gasteiger partial charge in [0.25, 0.3) is 11.4 Å². The summed E-state index contributed by atoms with van der Waals surface area (Å²) in [5, 5.41) is 32.4. The minimum Gasteiger partial charge on any atom is -0.411 e. The van der Waals surface area contributed by atoms with E-state index in [9.17, 15) is 20.2 Å². The second kappa shape index (κ2) is 4.34. The quantitative estimate of drug-likeness (QED) is 0.363. The van der Waals surface area contributed by atoms with Crippen LogP contribution in [0.5, 0.6) is 0 Å². The molecule has 16 heavy (non-hydrogen) atoms. The lowest BCUT2D eigenvalue weighted by atomic mass is 10.1. The summed E-state index contributed by atoms with van der Waals surface area (Å²) >= 11 is 0. The van der Waals surface area contributed by atoms with Crippen molar-refractivity contribution in [1.29, 1.82) is 0 Å². The van der Waals surface area contributed by atoms with E-state index >= 15 is 0 Å². The van der Waals surface area contributed by atoms with E-state index in [1.807, 2.05) is 0 Å². The van der Waals surface area contributed by atoms with Crippen molar-refractivity contribution in [3.63, 3.8) is 0 Å². The summed E-state index contributed by atoms with van der Waals surface area (Å²) < 4.78 is 0. The molecule has 8 nitrogen and oxygen atoms in total. The molecule has 0 aliphatic carbocycles. The summed E-state index contributed by atoms with van der Waals surface area (Å²) in [6.45, 7) is 1.36. The van der Waals surface area contributed by atoms with Gasteiger partial charge in [-0.05, 0) is 13.0 Å². The van der Waals surface area contributed by atoms with Crippen molar-refractivity contribution in [2.45, 2.75) is 6.92 Å². The van der Waals surface area contributed by atoms with Gasteiger partial charge in [-0.2, -0.15) is 0 Å². The van der Waals surface area contributed by atoms with Crippen LogP contribution in [0.25, 0.3) is 0 Å². The summed E-state index contributed by atoms with van der Waals surface area (Å²) in [4.78, 5) is 19.6. The normalized spacial score (nSPS) is 11.2. The van der Waals surface area contributed by atoms with Crippen LogP contribution >= 0.6 is 0 Å². The van der Waals surface area contributed by atoms with Gasteiger partial charge in [0.15, 0.2) is 0 Å². The van der Waals surface area contributed by atoms with E-state index in [4.69, 9.17) is 5.21 Å². The van der Waals surface area contributed by atoms with Crippen LogP contribution in [0.1, 0.15) is 12.5 Å². The van der Waals surface area contributed by atoms with Crippen molar-refractivity contribution in [2.75, 3.05) is 0 Å². The monoisotopic (exact) mass is 225 g/mol. The van der Waals surface area contributed by atoms with Crippen LogP contribution in [0, 0.1) is 20.2 Å². The number of oxime groups is 1. The average Bonchev–Trinajstić information content (AvgIpc) is 2.26. The lowest BCUT2D eigenvalue weighted by Gasteiger charge is -2.00. The first kappa shape index (κ1) is 11.6. The van der Waals surface area contributed by atoms with Crippen LogP contribution in [0.15, 0.2) is 23.4 Å². The average molecular weight is 225 g/mol. The Bertz CT molecular complexity index is 483. The fourth-order valence-electron chi connectivity index (χ4n) is 1.14. The second-order valence-corrected chi connectivity index (χ2v) is 2.90. The van der Waals surface area contributed by atoms with E-state index in [2.05, 4.69) is 5.16 Å². The number of nitro groups is 2. The Morgan fingerprint density at radius 3 is 2.38 bits per heavy atom. The van der Waals surface area contributed by atoms with Gasteiger partial charge >= 0.3 is 0 Å². The van der Waals surface area contributed by atoms with Gasteiger partial charge in [-0.15, -0.1) is 0 Å². The number of hydrogen-bond donors (Lipinski definition) is 1. The standard InChI is InChI=1S/C8H7N3O5/c1-5(9-12)7-3-2-6(10(13)14)4-8(7)11(15)16/h2-4,12H,1H3/b9-5+. The molecule has 1 aromatic rings. The molecular weight excluding hydrogens is 218 g/mol.